The molecule has 0 aromatic carbocycles. The van der Waals surface area contributed by atoms with Gasteiger partial charge < -0.3 is 10.6 Å². The molecule has 0 saturated heterocycles. The van der Waals surface area contributed by atoms with Gasteiger partial charge in [-0.1, -0.05) is 6.07 Å². The molecule has 6 heteroatoms. The second-order valence-corrected chi connectivity index (χ2v) is 4.43. The summed E-state index contributed by atoms with van der Waals surface area (Å²) in [7, 11) is 1.82. The van der Waals surface area contributed by atoms with E-state index in [2.05, 4.69) is 41.5 Å². The predicted molar refractivity (Wildman–Crippen MR) is 75.7 cm³/mol. The molecule has 2 aromatic heterocycles. The van der Waals surface area contributed by atoms with Crippen LogP contribution in [0.15, 0.2) is 35.2 Å². The molecule has 0 aliphatic carbocycles. The smallest absolute Gasteiger partial charge is 0.145 e. The van der Waals surface area contributed by atoms with E-state index in [1.165, 1.54) is 6.33 Å². The quantitative estimate of drug-likeness (QED) is 0.887. The van der Waals surface area contributed by atoms with Crippen LogP contribution in [0.1, 0.15) is 5.69 Å². The average molecular weight is 308 g/mol. The van der Waals surface area contributed by atoms with Crippen LogP contribution < -0.4 is 10.6 Å². The molecule has 5 nitrogen and oxygen atoms in total. The lowest BCUT2D eigenvalue weighted by Crippen LogP contribution is -2.09. The molecule has 0 spiro atoms. The van der Waals surface area contributed by atoms with Gasteiger partial charge in [0.2, 0.25) is 0 Å². The van der Waals surface area contributed by atoms with E-state index in [0.717, 1.165) is 34.8 Å². The maximum absolute atomic E-state index is 4.27. The summed E-state index contributed by atoms with van der Waals surface area (Å²) in [5.74, 6) is 1.55. The van der Waals surface area contributed by atoms with E-state index in [4.69, 9.17) is 0 Å². The van der Waals surface area contributed by atoms with Crippen molar-refractivity contribution >= 4 is 27.6 Å². The maximum atomic E-state index is 4.27. The van der Waals surface area contributed by atoms with Gasteiger partial charge in [-0.25, -0.2) is 9.97 Å². The van der Waals surface area contributed by atoms with Crippen LogP contribution in [0.5, 0.6) is 0 Å². The van der Waals surface area contributed by atoms with Gasteiger partial charge in [0.25, 0.3) is 0 Å². The van der Waals surface area contributed by atoms with Crippen molar-refractivity contribution < 1.29 is 0 Å². The fourth-order valence-electron chi connectivity index (χ4n) is 1.52. The van der Waals surface area contributed by atoms with E-state index < -0.39 is 0 Å². The van der Waals surface area contributed by atoms with Crippen LogP contribution >= 0.6 is 15.9 Å². The molecule has 0 amide bonds. The zero-order valence-corrected chi connectivity index (χ0v) is 11.6. The fraction of sp³-hybridized carbons (Fsp3) is 0.250. The summed E-state index contributed by atoms with van der Waals surface area (Å²) in [4.78, 5) is 12.6. The summed E-state index contributed by atoms with van der Waals surface area (Å²) >= 11 is 3.46. The van der Waals surface area contributed by atoms with E-state index >= 15 is 0 Å². The van der Waals surface area contributed by atoms with E-state index in [0.29, 0.717) is 0 Å². The normalized spacial score (nSPS) is 10.1. The van der Waals surface area contributed by atoms with Crippen molar-refractivity contribution in [2.75, 3.05) is 24.2 Å². The van der Waals surface area contributed by atoms with E-state index in [1.807, 2.05) is 25.2 Å². The lowest BCUT2D eigenvalue weighted by Gasteiger charge is -2.09. The highest BCUT2D eigenvalue weighted by molar-refractivity contribution is 9.10. The van der Waals surface area contributed by atoms with Crippen LogP contribution in [0.3, 0.4) is 0 Å². The SMILES string of the molecule is CNc1ncnc(NCCc2ccccn2)c1Br. The zero-order valence-electron chi connectivity index (χ0n) is 10.0. The number of nitrogens with zero attached hydrogens (tertiary/aromatic N) is 3. The third-order valence-electron chi connectivity index (χ3n) is 2.43. The number of halogens is 1. The van der Waals surface area contributed by atoms with Crippen LogP contribution in [-0.4, -0.2) is 28.5 Å². The minimum Gasteiger partial charge on any atom is -0.372 e. The van der Waals surface area contributed by atoms with Crippen molar-refractivity contribution in [2.24, 2.45) is 0 Å². The summed E-state index contributed by atoms with van der Waals surface area (Å²) in [5.41, 5.74) is 1.06. The highest BCUT2D eigenvalue weighted by atomic mass is 79.9. The predicted octanol–water partition coefficient (Wildman–Crippen LogP) is 2.33. The van der Waals surface area contributed by atoms with Crippen LogP contribution in [0.25, 0.3) is 0 Å². The Morgan fingerprint density at radius 3 is 2.72 bits per heavy atom. The summed E-state index contributed by atoms with van der Waals surface area (Å²) in [6.45, 7) is 0.774. The Kier molecular flexibility index (Phi) is 4.46. The fourth-order valence-corrected chi connectivity index (χ4v) is 2.07. The van der Waals surface area contributed by atoms with Crippen molar-refractivity contribution in [3.8, 4) is 0 Å². The molecule has 0 bridgehead atoms. The number of pyridine rings is 1. The second-order valence-electron chi connectivity index (χ2n) is 3.63. The molecular formula is C12H14BrN5. The lowest BCUT2D eigenvalue weighted by atomic mass is 10.3. The molecule has 0 aliphatic rings. The molecule has 18 heavy (non-hydrogen) atoms. The molecule has 2 N–H and O–H groups in total. The topological polar surface area (TPSA) is 62.7 Å². The molecule has 0 unspecified atom stereocenters. The molecule has 94 valence electrons. The van der Waals surface area contributed by atoms with Crippen molar-refractivity contribution in [3.05, 3.63) is 40.9 Å². The van der Waals surface area contributed by atoms with Gasteiger partial charge in [0.1, 0.15) is 22.4 Å². The minimum atomic E-state index is 0.769. The highest BCUT2D eigenvalue weighted by Crippen LogP contribution is 2.25. The van der Waals surface area contributed by atoms with Crippen LogP contribution in [-0.2, 0) is 6.42 Å². The van der Waals surface area contributed by atoms with Gasteiger partial charge in [-0.2, -0.15) is 0 Å². The Morgan fingerprint density at radius 2 is 2.00 bits per heavy atom. The van der Waals surface area contributed by atoms with Crippen molar-refractivity contribution in [1.29, 1.82) is 0 Å². The first-order chi connectivity index (χ1) is 8.81. The molecule has 0 saturated carbocycles. The molecule has 2 rings (SSSR count). The number of hydrogen-bond donors (Lipinski definition) is 2. The van der Waals surface area contributed by atoms with Crippen molar-refractivity contribution in [3.63, 3.8) is 0 Å². The summed E-state index contributed by atoms with van der Waals surface area (Å²) < 4.78 is 0.841. The van der Waals surface area contributed by atoms with Gasteiger partial charge in [-0.05, 0) is 28.1 Å². The first-order valence-corrected chi connectivity index (χ1v) is 6.42. The van der Waals surface area contributed by atoms with E-state index in [9.17, 15) is 0 Å². The number of nitrogens with one attached hydrogen (secondary N) is 2. The Bertz CT molecular complexity index is 503. The summed E-state index contributed by atoms with van der Waals surface area (Å²) in [6.07, 6.45) is 4.18. The van der Waals surface area contributed by atoms with Gasteiger partial charge in [0.15, 0.2) is 0 Å². The van der Waals surface area contributed by atoms with Crippen molar-refractivity contribution in [2.45, 2.75) is 6.42 Å². The number of aromatic nitrogens is 3. The van der Waals surface area contributed by atoms with E-state index in [-0.39, 0.29) is 0 Å². The average Bonchev–Trinajstić information content (AvgIpc) is 2.42. The van der Waals surface area contributed by atoms with Crippen LogP contribution in [0.2, 0.25) is 0 Å². The Morgan fingerprint density at radius 1 is 1.17 bits per heavy atom. The molecule has 2 heterocycles. The summed E-state index contributed by atoms with van der Waals surface area (Å²) in [5, 5.41) is 6.25. The molecule has 0 radical (unpaired) electrons. The standard InChI is InChI=1S/C12H14BrN5/c1-14-11-10(13)12(18-8-17-11)16-7-5-9-4-2-3-6-15-9/h2-4,6,8H,5,7H2,1H3,(H2,14,16,17,18). The largest absolute Gasteiger partial charge is 0.372 e. The van der Waals surface area contributed by atoms with Crippen LogP contribution in [0, 0.1) is 0 Å². The van der Waals surface area contributed by atoms with Crippen LogP contribution in [0.4, 0.5) is 11.6 Å². The Labute approximate surface area is 114 Å². The first kappa shape index (κ1) is 12.8. The molecule has 2 aromatic rings. The summed E-state index contributed by atoms with van der Waals surface area (Å²) in [6, 6.07) is 5.91. The van der Waals surface area contributed by atoms with E-state index in [1.54, 1.807) is 6.20 Å². The highest BCUT2D eigenvalue weighted by Gasteiger charge is 2.06. The zero-order chi connectivity index (χ0) is 12.8. The van der Waals surface area contributed by atoms with Crippen molar-refractivity contribution in [1.82, 2.24) is 15.0 Å². The number of rotatable bonds is 5. The Balaban J connectivity index is 1.95. The van der Waals surface area contributed by atoms with Gasteiger partial charge in [0.05, 0.1) is 0 Å². The first-order valence-electron chi connectivity index (χ1n) is 5.63. The van der Waals surface area contributed by atoms with Gasteiger partial charge in [-0.3, -0.25) is 4.98 Å². The van der Waals surface area contributed by atoms with Gasteiger partial charge in [-0.15, -0.1) is 0 Å². The Hall–Kier alpha value is -1.69. The third kappa shape index (κ3) is 3.16. The molecular weight excluding hydrogens is 294 g/mol. The molecule has 0 fully saturated rings. The third-order valence-corrected chi connectivity index (χ3v) is 3.18. The van der Waals surface area contributed by atoms with Gasteiger partial charge >= 0.3 is 0 Å². The molecule has 0 aliphatic heterocycles. The monoisotopic (exact) mass is 307 g/mol. The maximum Gasteiger partial charge on any atom is 0.145 e. The number of anilines is 2. The molecule has 0 atom stereocenters. The second kappa shape index (κ2) is 6.30. The minimum absolute atomic E-state index is 0.769. The lowest BCUT2D eigenvalue weighted by molar-refractivity contribution is 0.949. The number of hydrogen-bond acceptors (Lipinski definition) is 5. The van der Waals surface area contributed by atoms with Gasteiger partial charge in [0, 0.05) is 31.9 Å².